The topological polar surface area (TPSA) is 73.1 Å². The molecule has 0 N–H and O–H groups in total. The molecule has 1 aromatic carbocycles. The molecule has 0 saturated carbocycles. The number of para-hydroxylation sites is 1. The predicted molar refractivity (Wildman–Crippen MR) is 96.0 cm³/mol. The highest BCUT2D eigenvalue weighted by atomic mass is 32.2. The van der Waals surface area contributed by atoms with Crippen LogP contribution in [0.1, 0.15) is 24.5 Å². The van der Waals surface area contributed by atoms with E-state index in [1.165, 1.54) is 11.8 Å². The lowest BCUT2D eigenvalue weighted by Crippen LogP contribution is -2.46. The molecule has 1 aliphatic rings. The van der Waals surface area contributed by atoms with Crippen molar-refractivity contribution in [2.24, 2.45) is 0 Å². The summed E-state index contributed by atoms with van der Waals surface area (Å²) in [6.07, 6.45) is 1.06. The van der Waals surface area contributed by atoms with Crippen molar-refractivity contribution in [3.8, 4) is 5.69 Å². The molecule has 0 spiro atoms. The number of tetrazole rings is 1. The van der Waals surface area contributed by atoms with Crippen LogP contribution in [0, 0.1) is 13.8 Å². The van der Waals surface area contributed by atoms with Crippen LogP contribution in [0.2, 0.25) is 0 Å². The predicted octanol–water partition coefficient (Wildman–Crippen LogP) is 2.01. The van der Waals surface area contributed by atoms with E-state index in [-0.39, 0.29) is 12.0 Å². The second-order valence-electron chi connectivity index (χ2n) is 6.14. The molecule has 134 valence electrons. The van der Waals surface area contributed by atoms with Crippen LogP contribution in [-0.4, -0.2) is 62.6 Å². The number of morpholine rings is 1. The number of carbonyl (C=O) groups is 1. The third kappa shape index (κ3) is 4.01. The monoisotopic (exact) mass is 361 g/mol. The molecule has 8 heteroatoms. The number of rotatable bonds is 5. The van der Waals surface area contributed by atoms with Gasteiger partial charge in [-0.1, -0.05) is 36.9 Å². The van der Waals surface area contributed by atoms with Crippen LogP contribution in [0.5, 0.6) is 0 Å². The maximum Gasteiger partial charge on any atom is 0.233 e. The number of amides is 1. The fourth-order valence-corrected chi connectivity index (χ4v) is 3.74. The summed E-state index contributed by atoms with van der Waals surface area (Å²) < 4.78 is 7.34. The Morgan fingerprint density at radius 3 is 2.84 bits per heavy atom. The van der Waals surface area contributed by atoms with Crippen molar-refractivity contribution < 1.29 is 9.53 Å². The van der Waals surface area contributed by atoms with Gasteiger partial charge in [0.05, 0.1) is 24.2 Å². The molecule has 2 heterocycles. The Hall–Kier alpha value is -1.93. The molecular weight excluding hydrogens is 338 g/mol. The molecular formula is C17H23N5O2S. The second kappa shape index (κ2) is 7.97. The van der Waals surface area contributed by atoms with Crippen LogP contribution in [-0.2, 0) is 9.53 Å². The fourth-order valence-electron chi connectivity index (χ4n) is 2.96. The lowest BCUT2D eigenvalue weighted by atomic mass is 10.1. The van der Waals surface area contributed by atoms with Crippen LogP contribution < -0.4 is 0 Å². The van der Waals surface area contributed by atoms with E-state index in [1.807, 2.05) is 36.9 Å². The molecule has 0 aliphatic carbocycles. The first kappa shape index (κ1) is 17.9. The first-order chi connectivity index (χ1) is 12.1. The number of thioether (sulfide) groups is 1. The summed E-state index contributed by atoms with van der Waals surface area (Å²) in [4.78, 5) is 14.4. The summed E-state index contributed by atoms with van der Waals surface area (Å²) in [5.74, 6) is 0.421. The number of hydrogen-bond acceptors (Lipinski definition) is 6. The van der Waals surface area contributed by atoms with Crippen LogP contribution in [0.25, 0.3) is 5.69 Å². The van der Waals surface area contributed by atoms with Gasteiger partial charge in [-0.15, -0.1) is 5.10 Å². The molecule has 0 unspecified atom stereocenters. The largest absolute Gasteiger partial charge is 0.375 e. The van der Waals surface area contributed by atoms with Gasteiger partial charge in [0.2, 0.25) is 11.1 Å². The third-order valence-electron chi connectivity index (χ3n) is 4.36. The molecule has 3 rings (SSSR count). The molecule has 1 aliphatic heterocycles. The van der Waals surface area contributed by atoms with Crippen molar-refractivity contribution in [3.05, 3.63) is 29.3 Å². The Morgan fingerprint density at radius 2 is 2.12 bits per heavy atom. The number of nitrogens with zero attached hydrogens (tertiary/aromatic N) is 5. The highest BCUT2D eigenvalue weighted by Crippen LogP contribution is 2.23. The molecule has 25 heavy (non-hydrogen) atoms. The average Bonchev–Trinajstić information content (AvgIpc) is 3.07. The number of benzene rings is 1. The first-order valence-corrected chi connectivity index (χ1v) is 9.45. The molecule has 7 nitrogen and oxygen atoms in total. The van der Waals surface area contributed by atoms with E-state index < -0.39 is 0 Å². The summed E-state index contributed by atoms with van der Waals surface area (Å²) in [7, 11) is 0. The quantitative estimate of drug-likeness (QED) is 0.759. The minimum absolute atomic E-state index is 0.0998. The first-order valence-electron chi connectivity index (χ1n) is 8.47. The number of aryl methyl sites for hydroxylation is 2. The van der Waals surface area contributed by atoms with E-state index in [4.69, 9.17) is 4.74 Å². The van der Waals surface area contributed by atoms with Gasteiger partial charge < -0.3 is 9.64 Å². The standard InChI is InChI=1S/C17H23N5O2S/c1-4-14-10-21(8-9-24-14)15(23)11-25-17-18-19-20-22(17)16-12(2)6-5-7-13(16)3/h5-7,14H,4,8-11H2,1-3H3/t14-/m1/s1. The molecule has 2 aromatic rings. The Balaban J connectivity index is 1.69. The summed E-state index contributed by atoms with van der Waals surface area (Å²) >= 11 is 1.37. The molecule has 0 bridgehead atoms. The average molecular weight is 361 g/mol. The van der Waals surface area contributed by atoms with Crippen LogP contribution in [0.15, 0.2) is 23.4 Å². The van der Waals surface area contributed by atoms with Crippen LogP contribution in [0.4, 0.5) is 0 Å². The second-order valence-corrected chi connectivity index (χ2v) is 7.09. The number of aromatic nitrogens is 4. The SMILES string of the molecule is CC[C@@H]1CN(C(=O)CSc2nnnn2-c2c(C)cccc2C)CCO1. The molecule has 1 aromatic heterocycles. The van der Waals surface area contributed by atoms with Crippen molar-refractivity contribution in [1.29, 1.82) is 0 Å². The van der Waals surface area contributed by atoms with Gasteiger partial charge >= 0.3 is 0 Å². The molecule has 1 fully saturated rings. The van der Waals surface area contributed by atoms with Crippen molar-refractivity contribution in [2.75, 3.05) is 25.4 Å². The van der Waals surface area contributed by atoms with Crippen LogP contribution in [0.3, 0.4) is 0 Å². The zero-order valence-electron chi connectivity index (χ0n) is 14.8. The normalized spacial score (nSPS) is 17.7. The van der Waals surface area contributed by atoms with Gasteiger partial charge in [0, 0.05) is 13.1 Å². The molecule has 1 amide bonds. The van der Waals surface area contributed by atoms with E-state index in [2.05, 4.69) is 22.4 Å². The molecule has 1 saturated heterocycles. The minimum atomic E-state index is 0.0998. The van der Waals surface area contributed by atoms with Gasteiger partial charge in [0.25, 0.3) is 0 Å². The molecule has 1 atom stereocenters. The highest BCUT2D eigenvalue weighted by Gasteiger charge is 2.24. The smallest absolute Gasteiger partial charge is 0.233 e. The third-order valence-corrected chi connectivity index (χ3v) is 5.27. The zero-order valence-corrected chi connectivity index (χ0v) is 15.6. The van der Waals surface area contributed by atoms with Crippen molar-refractivity contribution in [2.45, 2.75) is 38.5 Å². The Bertz CT molecular complexity index is 728. The van der Waals surface area contributed by atoms with E-state index in [0.29, 0.717) is 30.6 Å². The van der Waals surface area contributed by atoms with Gasteiger partial charge in [-0.05, 0) is 41.8 Å². The van der Waals surface area contributed by atoms with E-state index in [0.717, 1.165) is 23.2 Å². The van der Waals surface area contributed by atoms with Crippen LogP contribution >= 0.6 is 11.8 Å². The van der Waals surface area contributed by atoms with E-state index in [9.17, 15) is 4.79 Å². The van der Waals surface area contributed by atoms with Gasteiger partial charge in [0.15, 0.2) is 0 Å². The minimum Gasteiger partial charge on any atom is -0.375 e. The van der Waals surface area contributed by atoms with Gasteiger partial charge in [-0.25, -0.2) is 0 Å². The van der Waals surface area contributed by atoms with Gasteiger partial charge in [-0.2, -0.15) is 4.68 Å². The summed E-state index contributed by atoms with van der Waals surface area (Å²) in [6, 6.07) is 6.07. The van der Waals surface area contributed by atoms with E-state index >= 15 is 0 Å². The lowest BCUT2D eigenvalue weighted by Gasteiger charge is -2.32. The summed E-state index contributed by atoms with van der Waals surface area (Å²) in [5.41, 5.74) is 3.17. The molecule has 0 radical (unpaired) electrons. The van der Waals surface area contributed by atoms with Gasteiger partial charge in [0.1, 0.15) is 0 Å². The van der Waals surface area contributed by atoms with E-state index in [1.54, 1.807) is 4.68 Å². The van der Waals surface area contributed by atoms with Crippen molar-refractivity contribution in [3.63, 3.8) is 0 Å². The van der Waals surface area contributed by atoms with Crippen molar-refractivity contribution >= 4 is 17.7 Å². The Labute approximate surface area is 151 Å². The summed E-state index contributed by atoms with van der Waals surface area (Å²) in [6.45, 7) is 8.06. The maximum atomic E-state index is 12.5. The highest BCUT2D eigenvalue weighted by molar-refractivity contribution is 7.99. The number of ether oxygens (including phenoxy) is 1. The zero-order chi connectivity index (χ0) is 17.8. The number of carbonyl (C=O) groups excluding carboxylic acids is 1. The Kier molecular flexibility index (Phi) is 5.70. The lowest BCUT2D eigenvalue weighted by molar-refractivity contribution is -0.135. The Morgan fingerprint density at radius 1 is 1.36 bits per heavy atom. The number of hydrogen-bond donors (Lipinski definition) is 0. The van der Waals surface area contributed by atoms with Crippen molar-refractivity contribution in [1.82, 2.24) is 25.1 Å². The maximum absolute atomic E-state index is 12.5. The summed E-state index contributed by atoms with van der Waals surface area (Å²) in [5, 5.41) is 12.6. The fraction of sp³-hybridized carbons (Fsp3) is 0.529. The van der Waals surface area contributed by atoms with Gasteiger partial charge in [-0.3, -0.25) is 4.79 Å².